The highest BCUT2D eigenvalue weighted by molar-refractivity contribution is 5.85. The van der Waals surface area contributed by atoms with Crippen LogP contribution in [0.4, 0.5) is 13.2 Å². The second-order valence-corrected chi connectivity index (χ2v) is 3.95. The summed E-state index contributed by atoms with van der Waals surface area (Å²) >= 11 is 0. The van der Waals surface area contributed by atoms with Gasteiger partial charge >= 0.3 is 12.1 Å². The summed E-state index contributed by atoms with van der Waals surface area (Å²) in [5.41, 5.74) is -3.52. The van der Waals surface area contributed by atoms with Crippen molar-refractivity contribution in [3.8, 4) is 12.3 Å². The van der Waals surface area contributed by atoms with Crippen LogP contribution in [-0.2, 0) is 4.79 Å². The van der Waals surface area contributed by atoms with E-state index in [1.54, 1.807) is 5.92 Å². The lowest BCUT2D eigenvalue weighted by atomic mass is 9.97. The Morgan fingerprint density at radius 1 is 1.50 bits per heavy atom. The number of hydrogen-bond donors (Lipinski definition) is 1. The molecule has 1 N–H and O–H groups in total. The first-order valence-electron chi connectivity index (χ1n) is 3.90. The molecule has 14 heavy (non-hydrogen) atoms. The molecule has 1 fully saturated rings. The zero-order valence-corrected chi connectivity index (χ0v) is 7.64. The second kappa shape index (κ2) is 2.44. The van der Waals surface area contributed by atoms with Crippen molar-refractivity contribution in [2.75, 3.05) is 0 Å². The molecule has 5 heteroatoms. The lowest BCUT2D eigenvalue weighted by Crippen LogP contribution is -2.23. The van der Waals surface area contributed by atoms with E-state index in [4.69, 9.17) is 11.5 Å². The smallest absolute Gasteiger partial charge is 0.394 e. The van der Waals surface area contributed by atoms with Gasteiger partial charge in [0.05, 0.1) is 5.92 Å². The lowest BCUT2D eigenvalue weighted by molar-refractivity contribution is -0.166. The summed E-state index contributed by atoms with van der Waals surface area (Å²) in [6.07, 6.45) is 0.340. The summed E-state index contributed by atoms with van der Waals surface area (Å²) < 4.78 is 37.3. The van der Waals surface area contributed by atoms with E-state index in [9.17, 15) is 18.0 Å². The molecule has 0 amide bonds. The topological polar surface area (TPSA) is 37.3 Å². The maximum absolute atomic E-state index is 12.4. The highest BCUT2D eigenvalue weighted by Crippen LogP contribution is 2.73. The Morgan fingerprint density at radius 3 is 2.00 bits per heavy atom. The van der Waals surface area contributed by atoms with Crippen LogP contribution in [0.15, 0.2) is 0 Å². The minimum Gasteiger partial charge on any atom is -0.480 e. The molecule has 0 radical (unpaired) electrons. The van der Waals surface area contributed by atoms with Gasteiger partial charge in [0, 0.05) is 5.41 Å². The van der Waals surface area contributed by atoms with Gasteiger partial charge in [-0.3, -0.25) is 4.79 Å². The van der Waals surface area contributed by atoms with Gasteiger partial charge in [-0.2, -0.15) is 13.2 Å². The van der Waals surface area contributed by atoms with Gasteiger partial charge in [0.2, 0.25) is 0 Å². The maximum atomic E-state index is 12.4. The van der Waals surface area contributed by atoms with Gasteiger partial charge in [-0.15, -0.1) is 6.42 Å². The number of carbonyl (C=O) groups is 1. The Balaban J connectivity index is 3.19. The molecule has 0 aliphatic heterocycles. The fraction of sp³-hybridized carbons (Fsp3) is 0.667. The molecule has 1 saturated carbocycles. The first kappa shape index (κ1) is 10.9. The number of carboxylic acids is 1. The normalized spacial score (nSPS) is 34.7. The molecular weight excluding hydrogens is 197 g/mol. The minimum absolute atomic E-state index is 1.22. The van der Waals surface area contributed by atoms with Crippen molar-refractivity contribution in [1.29, 1.82) is 0 Å². The highest BCUT2D eigenvalue weighted by Gasteiger charge is 2.84. The summed E-state index contributed by atoms with van der Waals surface area (Å²) in [4.78, 5) is 10.7. The third-order valence-electron chi connectivity index (χ3n) is 2.98. The van der Waals surface area contributed by atoms with Gasteiger partial charge in [-0.05, 0) is 0 Å². The first-order chi connectivity index (χ1) is 6.12. The number of halogens is 3. The molecule has 0 heterocycles. The van der Waals surface area contributed by atoms with Crippen molar-refractivity contribution in [2.45, 2.75) is 20.0 Å². The number of rotatable bonds is 1. The van der Waals surface area contributed by atoms with Crippen molar-refractivity contribution in [1.82, 2.24) is 0 Å². The molecule has 0 spiro atoms. The Morgan fingerprint density at radius 2 is 1.93 bits per heavy atom. The van der Waals surface area contributed by atoms with E-state index < -0.39 is 28.9 Å². The second-order valence-electron chi connectivity index (χ2n) is 3.95. The van der Waals surface area contributed by atoms with Crippen LogP contribution in [0.1, 0.15) is 13.8 Å². The van der Waals surface area contributed by atoms with Crippen LogP contribution in [0.3, 0.4) is 0 Å². The third-order valence-corrected chi connectivity index (χ3v) is 2.98. The zero-order chi connectivity index (χ0) is 11.4. The minimum atomic E-state index is -4.56. The summed E-state index contributed by atoms with van der Waals surface area (Å²) in [5.74, 6) is -1.75. The van der Waals surface area contributed by atoms with Gasteiger partial charge in [-0.25, -0.2) is 0 Å². The average Bonchev–Trinajstić information content (AvgIpc) is 2.47. The molecule has 0 aromatic rings. The molecule has 2 nitrogen and oxygen atoms in total. The molecule has 1 rings (SSSR count). The molecule has 1 aliphatic carbocycles. The summed E-state index contributed by atoms with van der Waals surface area (Å²) in [7, 11) is 0. The van der Waals surface area contributed by atoms with E-state index >= 15 is 0 Å². The fourth-order valence-corrected chi connectivity index (χ4v) is 2.15. The standard InChI is InChI=1S/C9H9F3O2/c1-4-8(6(13)14)5(7(8,2)3)9(10,11)12/h1,5H,2-3H3,(H,13,14). The van der Waals surface area contributed by atoms with Gasteiger partial charge in [0.25, 0.3) is 0 Å². The predicted molar refractivity (Wildman–Crippen MR) is 42.2 cm³/mol. The molecule has 0 aromatic heterocycles. The molecule has 0 saturated heterocycles. The predicted octanol–water partition coefficient (Wildman–Crippen LogP) is 1.91. The zero-order valence-electron chi connectivity index (χ0n) is 7.64. The maximum Gasteiger partial charge on any atom is 0.394 e. The molecule has 78 valence electrons. The van der Waals surface area contributed by atoms with Crippen molar-refractivity contribution in [3.63, 3.8) is 0 Å². The molecular formula is C9H9F3O2. The molecule has 1 aliphatic rings. The van der Waals surface area contributed by atoms with Crippen molar-refractivity contribution in [3.05, 3.63) is 0 Å². The molecule has 2 atom stereocenters. The lowest BCUT2D eigenvalue weighted by Gasteiger charge is -2.07. The van der Waals surface area contributed by atoms with Gasteiger partial charge < -0.3 is 5.11 Å². The van der Waals surface area contributed by atoms with Crippen LogP contribution in [-0.4, -0.2) is 17.3 Å². The highest BCUT2D eigenvalue weighted by atomic mass is 19.4. The monoisotopic (exact) mass is 206 g/mol. The average molecular weight is 206 g/mol. The first-order valence-corrected chi connectivity index (χ1v) is 3.90. The van der Waals surface area contributed by atoms with Gasteiger partial charge in [0.15, 0.2) is 0 Å². The van der Waals surface area contributed by atoms with E-state index in [0.29, 0.717) is 0 Å². The Hall–Kier alpha value is -1.18. The van der Waals surface area contributed by atoms with E-state index in [1.165, 1.54) is 13.8 Å². The van der Waals surface area contributed by atoms with E-state index in [0.717, 1.165) is 0 Å². The van der Waals surface area contributed by atoms with E-state index in [2.05, 4.69) is 0 Å². The Bertz CT molecular complexity index is 324. The summed E-state index contributed by atoms with van der Waals surface area (Å²) in [6.45, 7) is 2.44. The molecule has 2 unspecified atom stereocenters. The fourth-order valence-electron chi connectivity index (χ4n) is 2.15. The number of alkyl halides is 3. The Labute approximate surface area is 79.1 Å². The molecule has 0 bridgehead atoms. The van der Waals surface area contributed by atoms with E-state index in [-0.39, 0.29) is 0 Å². The summed E-state index contributed by atoms with van der Waals surface area (Å²) in [6, 6.07) is 0. The summed E-state index contributed by atoms with van der Waals surface area (Å²) in [5, 5.41) is 8.73. The number of hydrogen-bond acceptors (Lipinski definition) is 1. The number of terminal acetylenes is 1. The third kappa shape index (κ3) is 0.969. The van der Waals surface area contributed by atoms with Crippen LogP contribution in [0.5, 0.6) is 0 Å². The SMILES string of the molecule is C#CC1(C(=O)O)C(C(F)(F)F)C1(C)C. The van der Waals surface area contributed by atoms with Crippen LogP contribution in [0.2, 0.25) is 0 Å². The van der Waals surface area contributed by atoms with Crippen molar-refractivity contribution < 1.29 is 23.1 Å². The van der Waals surface area contributed by atoms with Crippen LogP contribution in [0.25, 0.3) is 0 Å². The van der Waals surface area contributed by atoms with Crippen LogP contribution >= 0.6 is 0 Å². The quantitative estimate of drug-likeness (QED) is 0.665. The van der Waals surface area contributed by atoms with Gasteiger partial charge in [-0.1, -0.05) is 19.8 Å². The van der Waals surface area contributed by atoms with E-state index in [1.807, 2.05) is 0 Å². The van der Waals surface area contributed by atoms with Crippen LogP contribution < -0.4 is 0 Å². The number of carboxylic acid groups (broad SMARTS) is 1. The van der Waals surface area contributed by atoms with Crippen LogP contribution in [0, 0.1) is 29.1 Å². The largest absolute Gasteiger partial charge is 0.480 e. The molecule has 0 aromatic carbocycles. The van der Waals surface area contributed by atoms with Crippen molar-refractivity contribution >= 4 is 5.97 Å². The number of aliphatic carboxylic acids is 1. The Kier molecular flexibility index (Phi) is 1.90. The van der Waals surface area contributed by atoms with Crippen molar-refractivity contribution in [2.24, 2.45) is 16.7 Å². The van der Waals surface area contributed by atoms with Gasteiger partial charge in [0.1, 0.15) is 5.41 Å².